The van der Waals surface area contributed by atoms with E-state index in [0.717, 1.165) is 24.7 Å². The molecule has 0 aromatic rings. The third kappa shape index (κ3) is 2.45. The molecule has 3 rings (SSSR count). The van der Waals surface area contributed by atoms with E-state index in [9.17, 15) is 0 Å². The topological polar surface area (TPSA) is 32.5 Å². The maximum atomic E-state index is 6.31. The molecule has 3 fully saturated rings. The average Bonchev–Trinajstić information content (AvgIpc) is 3.21. The highest BCUT2D eigenvalue weighted by Crippen LogP contribution is 2.45. The normalized spacial score (nSPS) is 39.2. The lowest BCUT2D eigenvalue weighted by molar-refractivity contribution is -0.00520. The maximum absolute atomic E-state index is 6.31. The Morgan fingerprint density at radius 1 is 1.16 bits per heavy atom. The highest BCUT2D eigenvalue weighted by molar-refractivity contribution is 5.09. The fraction of sp³-hybridized carbons (Fsp3) is 1.00. The van der Waals surface area contributed by atoms with E-state index in [1.165, 1.54) is 57.9 Å². The fourth-order valence-electron chi connectivity index (χ4n) is 4.58. The molecular formula is C16H31N3. The molecule has 2 atom stereocenters. The summed E-state index contributed by atoms with van der Waals surface area (Å²) >= 11 is 0. The molecule has 2 aliphatic heterocycles. The second-order valence-electron chi connectivity index (χ2n) is 7.17. The van der Waals surface area contributed by atoms with Gasteiger partial charge in [0.15, 0.2) is 0 Å². The van der Waals surface area contributed by atoms with Gasteiger partial charge in [0.05, 0.1) is 0 Å². The minimum atomic E-state index is 0.328. The van der Waals surface area contributed by atoms with Crippen LogP contribution in [-0.4, -0.2) is 53.6 Å². The van der Waals surface area contributed by atoms with Crippen molar-refractivity contribution >= 4 is 0 Å². The van der Waals surface area contributed by atoms with Crippen LogP contribution in [0.3, 0.4) is 0 Å². The second kappa shape index (κ2) is 5.34. The van der Waals surface area contributed by atoms with Crippen LogP contribution < -0.4 is 5.73 Å². The Kier molecular flexibility index (Phi) is 3.89. The van der Waals surface area contributed by atoms with Gasteiger partial charge >= 0.3 is 0 Å². The molecule has 0 spiro atoms. The van der Waals surface area contributed by atoms with Crippen LogP contribution in [0.25, 0.3) is 0 Å². The largest absolute Gasteiger partial charge is 0.329 e. The lowest BCUT2D eigenvalue weighted by Crippen LogP contribution is -2.62. The van der Waals surface area contributed by atoms with Crippen LogP contribution >= 0.6 is 0 Å². The summed E-state index contributed by atoms with van der Waals surface area (Å²) in [5, 5.41) is 0. The molecule has 0 aromatic carbocycles. The van der Waals surface area contributed by atoms with Crippen molar-refractivity contribution in [3.63, 3.8) is 0 Å². The van der Waals surface area contributed by atoms with Crippen LogP contribution in [-0.2, 0) is 0 Å². The van der Waals surface area contributed by atoms with E-state index in [0.29, 0.717) is 5.54 Å². The van der Waals surface area contributed by atoms with Gasteiger partial charge in [0, 0.05) is 30.2 Å². The van der Waals surface area contributed by atoms with E-state index in [4.69, 9.17) is 5.73 Å². The SMILES string of the molecule is CCCCN(C1CC1)C1(CN)CC2CCC(C1)N2C. The van der Waals surface area contributed by atoms with E-state index >= 15 is 0 Å². The molecule has 2 saturated heterocycles. The molecule has 0 aromatic heterocycles. The summed E-state index contributed by atoms with van der Waals surface area (Å²) in [7, 11) is 2.33. The Labute approximate surface area is 118 Å². The zero-order valence-electron chi connectivity index (χ0n) is 12.8. The van der Waals surface area contributed by atoms with Crippen molar-refractivity contribution in [2.45, 2.75) is 82.0 Å². The Balaban J connectivity index is 1.77. The molecule has 2 bridgehead atoms. The Morgan fingerprint density at radius 3 is 2.26 bits per heavy atom. The number of nitrogens with two attached hydrogens (primary N) is 1. The number of piperidine rings is 1. The lowest BCUT2D eigenvalue weighted by Gasteiger charge is -2.51. The zero-order chi connectivity index (χ0) is 13.5. The molecule has 1 saturated carbocycles. The molecule has 3 aliphatic rings. The first-order valence-electron chi connectivity index (χ1n) is 8.39. The molecule has 3 nitrogen and oxygen atoms in total. The summed E-state index contributed by atoms with van der Waals surface area (Å²) in [6, 6.07) is 2.45. The summed E-state index contributed by atoms with van der Waals surface area (Å²) in [5.41, 5.74) is 6.64. The number of fused-ring (bicyclic) bond motifs is 2. The third-order valence-corrected chi connectivity index (χ3v) is 5.95. The molecule has 2 N–H and O–H groups in total. The van der Waals surface area contributed by atoms with Crippen LogP contribution in [0.5, 0.6) is 0 Å². The Bertz CT molecular complexity index is 299. The van der Waals surface area contributed by atoms with Gasteiger partial charge in [0.25, 0.3) is 0 Å². The minimum absolute atomic E-state index is 0.328. The van der Waals surface area contributed by atoms with Gasteiger partial charge in [-0.2, -0.15) is 0 Å². The van der Waals surface area contributed by atoms with E-state index in [1.807, 2.05) is 0 Å². The number of hydrogen-bond acceptors (Lipinski definition) is 3. The van der Waals surface area contributed by atoms with Crippen molar-refractivity contribution < 1.29 is 0 Å². The van der Waals surface area contributed by atoms with Gasteiger partial charge in [-0.1, -0.05) is 13.3 Å². The number of rotatable bonds is 6. The quantitative estimate of drug-likeness (QED) is 0.799. The Morgan fingerprint density at radius 2 is 1.79 bits per heavy atom. The number of nitrogens with zero attached hydrogens (tertiary/aromatic N) is 2. The smallest absolute Gasteiger partial charge is 0.0364 e. The van der Waals surface area contributed by atoms with Gasteiger partial charge in [-0.05, 0) is 58.5 Å². The molecule has 110 valence electrons. The maximum Gasteiger partial charge on any atom is 0.0364 e. The minimum Gasteiger partial charge on any atom is -0.329 e. The summed E-state index contributed by atoms with van der Waals surface area (Å²) in [4.78, 5) is 5.48. The predicted molar refractivity (Wildman–Crippen MR) is 80.2 cm³/mol. The Hall–Kier alpha value is -0.120. The van der Waals surface area contributed by atoms with Crippen molar-refractivity contribution in [1.29, 1.82) is 0 Å². The molecule has 0 amide bonds. The average molecular weight is 265 g/mol. The van der Waals surface area contributed by atoms with Gasteiger partial charge in [-0.15, -0.1) is 0 Å². The fourth-order valence-corrected chi connectivity index (χ4v) is 4.58. The van der Waals surface area contributed by atoms with Gasteiger partial charge in [0.2, 0.25) is 0 Å². The van der Waals surface area contributed by atoms with Crippen molar-refractivity contribution in [3.8, 4) is 0 Å². The molecule has 1 aliphatic carbocycles. The van der Waals surface area contributed by atoms with Crippen LogP contribution in [0.2, 0.25) is 0 Å². The summed E-state index contributed by atoms with van der Waals surface area (Å²) in [6.07, 6.45) is 10.9. The van der Waals surface area contributed by atoms with E-state index in [-0.39, 0.29) is 0 Å². The number of hydrogen-bond donors (Lipinski definition) is 1. The monoisotopic (exact) mass is 265 g/mol. The summed E-state index contributed by atoms with van der Waals surface area (Å²) < 4.78 is 0. The molecule has 0 radical (unpaired) electrons. The van der Waals surface area contributed by atoms with Crippen LogP contribution in [0.4, 0.5) is 0 Å². The van der Waals surface area contributed by atoms with Crippen molar-refractivity contribution in [2.75, 3.05) is 20.1 Å². The van der Waals surface area contributed by atoms with Crippen molar-refractivity contribution in [3.05, 3.63) is 0 Å². The molecular weight excluding hydrogens is 234 g/mol. The first-order chi connectivity index (χ1) is 9.20. The van der Waals surface area contributed by atoms with E-state index in [2.05, 4.69) is 23.8 Å². The molecule has 3 heteroatoms. The van der Waals surface area contributed by atoms with Gasteiger partial charge < -0.3 is 10.6 Å². The third-order valence-electron chi connectivity index (χ3n) is 5.95. The summed E-state index contributed by atoms with van der Waals surface area (Å²) in [6.45, 7) is 4.45. The van der Waals surface area contributed by atoms with Gasteiger partial charge in [-0.3, -0.25) is 4.90 Å². The van der Waals surface area contributed by atoms with Crippen LogP contribution in [0.1, 0.15) is 58.3 Å². The second-order valence-corrected chi connectivity index (χ2v) is 7.17. The van der Waals surface area contributed by atoms with Gasteiger partial charge in [-0.25, -0.2) is 0 Å². The highest BCUT2D eigenvalue weighted by Gasteiger charge is 2.51. The number of unbranched alkanes of at least 4 members (excludes halogenated alkanes) is 1. The summed E-state index contributed by atoms with van der Waals surface area (Å²) in [5.74, 6) is 0. The lowest BCUT2D eigenvalue weighted by atomic mass is 9.81. The highest BCUT2D eigenvalue weighted by atomic mass is 15.3. The molecule has 2 unspecified atom stereocenters. The van der Waals surface area contributed by atoms with Crippen molar-refractivity contribution in [2.24, 2.45) is 5.73 Å². The molecule has 2 heterocycles. The molecule has 19 heavy (non-hydrogen) atoms. The van der Waals surface area contributed by atoms with E-state index in [1.54, 1.807) is 0 Å². The van der Waals surface area contributed by atoms with Crippen LogP contribution in [0, 0.1) is 0 Å². The predicted octanol–water partition coefficient (Wildman–Crippen LogP) is 2.21. The standard InChI is InChI=1S/C16H31N3/c1-3-4-9-19(13-5-6-13)16(12-17)10-14-7-8-15(11-16)18(14)2/h13-15H,3-12,17H2,1-2H3. The van der Waals surface area contributed by atoms with Crippen molar-refractivity contribution in [1.82, 2.24) is 9.80 Å². The van der Waals surface area contributed by atoms with E-state index < -0.39 is 0 Å². The zero-order valence-corrected chi connectivity index (χ0v) is 12.8. The van der Waals surface area contributed by atoms with Crippen LogP contribution in [0.15, 0.2) is 0 Å². The van der Waals surface area contributed by atoms with Gasteiger partial charge in [0.1, 0.15) is 0 Å². The first-order valence-corrected chi connectivity index (χ1v) is 8.39. The first kappa shape index (κ1) is 13.8.